The van der Waals surface area contributed by atoms with Crippen LogP contribution in [0.1, 0.15) is 50.5 Å². The van der Waals surface area contributed by atoms with E-state index in [2.05, 4.69) is 50.6 Å². The minimum atomic E-state index is 0.150. The number of amidine groups is 1. The number of nitrogens with zero attached hydrogens (tertiary/aromatic N) is 3. The third-order valence-corrected chi connectivity index (χ3v) is 7.68. The molecular weight excluding hydrogens is 388 g/mol. The molecule has 6 nitrogen and oxygen atoms in total. The molecule has 2 atom stereocenters. The standard InChI is InChI=1S/C25H36N4O2/c30-25(26-15-19-7-3-1-4-8-19)21-11-13-29(14-12-21)24-22-17-28(18-23(22)31-27-24)16-20-9-5-2-6-10-20/h2,5-6,9-10,19,21-23H,1,3-4,7-8,11-18H2,(H,26,30)/t22-,23-/m1/s1. The van der Waals surface area contributed by atoms with E-state index < -0.39 is 0 Å². The van der Waals surface area contributed by atoms with Crippen LogP contribution < -0.4 is 5.32 Å². The average Bonchev–Trinajstić information content (AvgIpc) is 3.39. The minimum absolute atomic E-state index is 0.150. The zero-order chi connectivity index (χ0) is 21.0. The molecule has 6 heteroatoms. The maximum absolute atomic E-state index is 12.7. The SMILES string of the molecule is O=C(NCC1CCCCC1)C1CCN(C2=NO[C@@H]3CN(Cc4ccccc4)C[C@@H]23)CC1. The van der Waals surface area contributed by atoms with E-state index in [0.29, 0.717) is 11.8 Å². The molecule has 1 amide bonds. The molecule has 2 saturated heterocycles. The molecule has 4 aliphatic rings. The number of carbonyl (C=O) groups excluding carboxylic acids is 1. The molecule has 31 heavy (non-hydrogen) atoms. The van der Waals surface area contributed by atoms with Gasteiger partial charge in [-0.05, 0) is 37.2 Å². The molecule has 1 aromatic rings. The molecule has 0 unspecified atom stereocenters. The van der Waals surface area contributed by atoms with Gasteiger partial charge in [0.05, 0.1) is 5.92 Å². The van der Waals surface area contributed by atoms with Crippen LogP contribution in [0.4, 0.5) is 0 Å². The number of piperidine rings is 1. The van der Waals surface area contributed by atoms with Gasteiger partial charge in [-0.1, -0.05) is 54.8 Å². The predicted octanol–water partition coefficient (Wildman–Crippen LogP) is 3.24. The van der Waals surface area contributed by atoms with Gasteiger partial charge in [0.1, 0.15) is 0 Å². The van der Waals surface area contributed by atoms with Gasteiger partial charge in [-0.25, -0.2) is 0 Å². The van der Waals surface area contributed by atoms with E-state index >= 15 is 0 Å². The summed E-state index contributed by atoms with van der Waals surface area (Å²) in [6.07, 6.45) is 8.59. The van der Waals surface area contributed by atoms with E-state index in [4.69, 9.17) is 4.84 Å². The molecule has 168 valence electrons. The number of carbonyl (C=O) groups is 1. The number of amides is 1. The Morgan fingerprint density at radius 3 is 2.58 bits per heavy atom. The highest BCUT2D eigenvalue weighted by molar-refractivity contribution is 5.87. The number of oxime groups is 1. The van der Waals surface area contributed by atoms with Gasteiger partial charge in [-0.3, -0.25) is 9.69 Å². The molecule has 5 rings (SSSR count). The second kappa shape index (κ2) is 9.60. The van der Waals surface area contributed by atoms with Gasteiger partial charge in [-0.2, -0.15) is 0 Å². The predicted molar refractivity (Wildman–Crippen MR) is 121 cm³/mol. The van der Waals surface area contributed by atoms with Crippen LogP contribution in [0.2, 0.25) is 0 Å². The molecule has 0 spiro atoms. The molecule has 1 saturated carbocycles. The first kappa shape index (κ1) is 20.8. The van der Waals surface area contributed by atoms with Crippen molar-refractivity contribution in [3.05, 3.63) is 35.9 Å². The smallest absolute Gasteiger partial charge is 0.223 e. The number of fused-ring (bicyclic) bond motifs is 1. The van der Waals surface area contributed by atoms with Crippen molar-refractivity contribution in [2.24, 2.45) is 22.9 Å². The summed E-state index contributed by atoms with van der Waals surface area (Å²) in [7, 11) is 0. The molecule has 0 radical (unpaired) electrons. The van der Waals surface area contributed by atoms with Crippen molar-refractivity contribution in [3.8, 4) is 0 Å². The van der Waals surface area contributed by atoms with Crippen molar-refractivity contribution in [2.45, 2.75) is 57.6 Å². The Bertz CT molecular complexity index is 769. The lowest BCUT2D eigenvalue weighted by atomic mass is 9.89. The molecular formula is C25H36N4O2. The molecule has 3 fully saturated rings. The summed E-state index contributed by atoms with van der Waals surface area (Å²) in [5.41, 5.74) is 1.35. The Kier molecular flexibility index (Phi) is 6.44. The van der Waals surface area contributed by atoms with Gasteiger partial charge >= 0.3 is 0 Å². The first-order chi connectivity index (χ1) is 15.3. The van der Waals surface area contributed by atoms with Gasteiger partial charge < -0.3 is 15.1 Å². The number of hydrogen-bond acceptors (Lipinski definition) is 5. The second-order valence-corrected chi connectivity index (χ2v) is 9.89. The Hall–Kier alpha value is -2.08. The number of hydrogen-bond donors (Lipinski definition) is 1. The highest BCUT2D eigenvalue weighted by Gasteiger charge is 2.44. The third-order valence-electron chi connectivity index (χ3n) is 7.68. The zero-order valence-corrected chi connectivity index (χ0v) is 18.5. The lowest BCUT2D eigenvalue weighted by Crippen LogP contribution is -2.46. The zero-order valence-electron chi connectivity index (χ0n) is 18.5. The summed E-state index contributed by atoms with van der Waals surface area (Å²) in [4.78, 5) is 23.3. The highest BCUT2D eigenvalue weighted by atomic mass is 16.6. The van der Waals surface area contributed by atoms with Crippen molar-refractivity contribution < 1.29 is 9.63 Å². The molecule has 3 heterocycles. The fourth-order valence-corrected chi connectivity index (χ4v) is 5.81. The Balaban J connectivity index is 1.08. The maximum Gasteiger partial charge on any atom is 0.223 e. The molecule has 0 aromatic heterocycles. The number of likely N-dealkylation sites (tertiary alicyclic amines) is 2. The maximum atomic E-state index is 12.7. The van der Waals surface area contributed by atoms with E-state index in [0.717, 1.165) is 57.9 Å². The van der Waals surface area contributed by atoms with E-state index in [-0.39, 0.29) is 17.9 Å². The average molecular weight is 425 g/mol. The van der Waals surface area contributed by atoms with Gasteiger partial charge in [0.15, 0.2) is 11.9 Å². The Labute approximate surface area is 186 Å². The molecule has 3 aliphatic heterocycles. The van der Waals surface area contributed by atoms with E-state index in [1.807, 2.05) is 0 Å². The monoisotopic (exact) mass is 424 g/mol. The number of rotatable bonds is 5. The van der Waals surface area contributed by atoms with Crippen LogP contribution >= 0.6 is 0 Å². The quantitative estimate of drug-likeness (QED) is 0.788. The van der Waals surface area contributed by atoms with E-state index in [1.54, 1.807) is 0 Å². The van der Waals surface area contributed by atoms with Crippen LogP contribution in [0.25, 0.3) is 0 Å². The largest absolute Gasteiger partial charge is 0.389 e. The summed E-state index contributed by atoms with van der Waals surface area (Å²) in [6, 6.07) is 10.6. The fourth-order valence-electron chi connectivity index (χ4n) is 5.81. The molecule has 1 aromatic carbocycles. The Morgan fingerprint density at radius 2 is 1.81 bits per heavy atom. The van der Waals surface area contributed by atoms with Crippen LogP contribution in [0.3, 0.4) is 0 Å². The molecule has 0 bridgehead atoms. The summed E-state index contributed by atoms with van der Waals surface area (Å²) in [5, 5.41) is 7.72. The topological polar surface area (TPSA) is 57.2 Å². The van der Waals surface area contributed by atoms with Crippen LogP contribution in [0.15, 0.2) is 35.5 Å². The van der Waals surface area contributed by atoms with Crippen molar-refractivity contribution in [3.63, 3.8) is 0 Å². The van der Waals surface area contributed by atoms with Crippen LogP contribution in [0, 0.1) is 17.8 Å². The van der Waals surface area contributed by atoms with Crippen molar-refractivity contribution in [1.29, 1.82) is 0 Å². The van der Waals surface area contributed by atoms with Crippen LogP contribution in [-0.4, -0.2) is 60.4 Å². The highest BCUT2D eigenvalue weighted by Crippen LogP contribution is 2.31. The van der Waals surface area contributed by atoms with Crippen molar-refractivity contribution in [1.82, 2.24) is 15.1 Å². The van der Waals surface area contributed by atoms with Gasteiger partial charge in [0, 0.05) is 45.2 Å². The third kappa shape index (κ3) is 4.89. The Morgan fingerprint density at radius 1 is 1.03 bits per heavy atom. The van der Waals surface area contributed by atoms with E-state index in [1.165, 1.54) is 37.7 Å². The molecule has 1 aliphatic carbocycles. The van der Waals surface area contributed by atoms with Crippen LogP contribution in [-0.2, 0) is 16.2 Å². The van der Waals surface area contributed by atoms with Crippen molar-refractivity contribution >= 4 is 11.7 Å². The van der Waals surface area contributed by atoms with Gasteiger partial charge in [0.25, 0.3) is 0 Å². The summed E-state index contributed by atoms with van der Waals surface area (Å²) in [5.74, 6) is 2.59. The lowest BCUT2D eigenvalue weighted by molar-refractivity contribution is -0.126. The van der Waals surface area contributed by atoms with Crippen LogP contribution in [0.5, 0.6) is 0 Å². The second-order valence-electron chi connectivity index (χ2n) is 9.89. The van der Waals surface area contributed by atoms with Gasteiger partial charge in [0.2, 0.25) is 5.91 Å². The fraction of sp³-hybridized carbons (Fsp3) is 0.680. The van der Waals surface area contributed by atoms with Crippen molar-refractivity contribution in [2.75, 3.05) is 32.7 Å². The summed E-state index contributed by atoms with van der Waals surface area (Å²) < 4.78 is 0. The lowest BCUT2D eigenvalue weighted by Gasteiger charge is -2.34. The normalized spacial score (nSPS) is 27.6. The van der Waals surface area contributed by atoms with E-state index in [9.17, 15) is 4.79 Å². The number of benzene rings is 1. The first-order valence-electron chi connectivity index (χ1n) is 12.3. The number of nitrogens with one attached hydrogen (secondary N) is 1. The minimum Gasteiger partial charge on any atom is -0.389 e. The summed E-state index contributed by atoms with van der Waals surface area (Å²) in [6.45, 7) is 5.60. The first-order valence-corrected chi connectivity index (χ1v) is 12.3. The summed E-state index contributed by atoms with van der Waals surface area (Å²) >= 11 is 0. The molecule has 1 N–H and O–H groups in total. The van der Waals surface area contributed by atoms with Gasteiger partial charge in [-0.15, -0.1) is 0 Å².